The molecule has 0 aliphatic rings. The molecule has 0 bridgehead atoms. The van der Waals surface area contributed by atoms with Gasteiger partial charge in [0.15, 0.2) is 0 Å². The SMILES string of the molecule is CCS(=O)(=O)NC(COC(=O)C=CC(=O)OC)Cc1ccccc1. The average molecular weight is 355 g/mol. The molecule has 0 fully saturated rings. The number of rotatable bonds is 9. The zero-order valence-electron chi connectivity index (χ0n) is 13.6. The predicted molar refractivity (Wildman–Crippen MR) is 88.6 cm³/mol. The maximum absolute atomic E-state index is 11.8. The van der Waals surface area contributed by atoms with E-state index in [1.165, 1.54) is 14.0 Å². The van der Waals surface area contributed by atoms with Crippen LogP contribution in [0.25, 0.3) is 0 Å². The number of hydrogen-bond acceptors (Lipinski definition) is 6. The van der Waals surface area contributed by atoms with Crippen LogP contribution in [0.5, 0.6) is 0 Å². The van der Waals surface area contributed by atoms with Gasteiger partial charge in [-0.1, -0.05) is 30.3 Å². The van der Waals surface area contributed by atoms with Gasteiger partial charge in [0.1, 0.15) is 6.61 Å². The second-order valence-corrected chi connectivity index (χ2v) is 6.94. The topological polar surface area (TPSA) is 98.8 Å². The number of ether oxygens (including phenoxy) is 2. The van der Waals surface area contributed by atoms with E-state index in [-0.39, 0.29) is 12.4 Å². The van der Waals surface area contributed by atoms with Gasteiger partial charge in [-0.3, -0.25) is 0 Å². The molecule has 0 saturated carbocycles. The second-order valence-electron chi connectivity index (χ2n) is 4.89. The van der Waals surface area contributed by atoms with Gasteiger partial charge in [-0.25, -0.2) is 22.7 Å². The van der Waals surface area contributed by atoms with Crippen LogP contribution in [0.3, 0.4) is 0 Å². The smallest absolute Gasteiger partial charge is 0.331 e. The highest BCUT2D eigenvalue weighted by Gasteiger charge is 2.18. The third-order valence-corrected chi connectivity index (χ3v) is 4.49. The van der Waals surface area contributed by atoms with E-state index < -0.39 is 28.0 Å². The van der Waals surface area contributed by atoms with Gasteiger partial charge in [0.25, 0.3) is 0 Å². The van der Waals surface area contributed by atoms with Crippen molar-refractivity contribution in [2.24, 2.45) is 0 Å². The first-order valence-electron chi connectivity index (χ1n) is 7.33. The van der Waals surface area contributed by atoms with Gasteiger partial charge in [-0.05, 0) is 18.9 Å². The Bertz CT molecular complexity index is 669. The molecular formula is C16H21NO6S. The summed E-state index contributed by atoms with van der Waals surface area (Å²) in [7, 11) is -2.26. The van der Waals surface area contributed by atoms with E-state index in [9.17, 15) is 18.0 Å². The van der Waals surface area contributed by atoms with Crippen LogP contribution in [-0.4, -0.2) is 45.9 Å². The number of carbonyl (C=O) groups excluding carboxylic acids is 2. The Kier molecular flexibility index (Phi) is 8.14. The Balaban J connectivity index is 2.69. The Morgan fingerprint density at radius 3 is 2.38 bits per heavy atom. The first-order chi connectivity index (χ1) is 11.4. The molecule has 0 spiro atoms. The zero-order valence-corrected chi connectivity index (χ0v) is 14.4. The third kappa shape index (κ3) is 7.89. The van der Waals surface area contributed by atoms with E-state index >= 15 is 0 Å². The summed E-state index contributed by atoms with van der Waals surface area (Å²) in [6, 6.07) is 8.63. The molecule has 0 heterocycles. The lowest BCUT2D eigenvalue weighted by atomic mass is 10.1. The predicted octanol–water partition coefficient (Wildman–Crippen LogP) is 0.809. The molecule has 24 heavy (non-hydrogen) atoms. The number of carbonyl (C=O) groups is 2. The molecule has 132 valence electrons. The summed E-state index contributed by atoms with van der Waals surface area (Å²) in [5, 5.41) is 0. The molecule has 1 aromatic rings. The maximum atomic E-state index is 11.8. The minimum absolute atomic E-state index is 0.0749. The van der Waals surface area contributed by atoms with Gasteiger partial charge in [0.05, 0.1) is 18.9 Å². The number of methoxy groups -OCH3 is 1. The van der Waals surface area contributed by atoms with E-state index in [0.29, 0.717) is 6.42 Å². The van der Waals surface area contributed by atoms with Crippen LogP contribution in [0.4, 0.5) is 0 Å². The lowest BCUT2D eigenvalue weighted by Gasteiger charge is -2.18. The standard InChI is InChI=1S/C16H21NO6S/c1-3-24(20,21)17-14(11-13-7-5-4-6-8-13)12-23-16(19)10-9-15(18)22-2/h4-10,14,17H,3,11-12H2,1-2H3. The number of benzene rings is 1. The molecule has 0 saturated heterocycles. The van der Waals surface area contributed by atoms with Gasteiger partial charge in [0, 0.05) is 12.2 Å². The molecule has 1 N–H and O–H groups in total. The molecule has 7 nitrogen and oxygen atoms in total. The molecule has 0 amide bonds. The van der Waals surface area contributed by atoms with Crippen molar-refractivity contribution in [3.05, 3.63) is 48.0 Å². The first kappa shape index (κ1) is 19.9. The summed E-state index contributed by atoms with van der Waals surface area (Å²) < 4.78 is 35.4. The quantitative estimate of drug-likeness (QED) is 0.520. The molecule has 8 heteroatoms. The fourth-order valence-corrected chi connectivity index (χ4v) is 2.63. The Hall–Kier alpha value is -2.19. The molecule has 0 aliphatic carbocycles. The second kappa shape index (κ2) is 9.84. The molecule has 1 rings (SSSR count). The molecule has 0 aliphatic heterocycles. The molecule has 0 aromatic heterocycles. The minimum Gasteiger partial charge on any atom is -0.466 e. The summed E-state index contributed by atoms with van der Waals surface area (Å²) in [6.45, 7) is 1.37. The van der Waals surface area contributed by atoms with Gasteiger partial charge < -0.3 is 9.47 Å². The van der Waals surface area contributed by atoms with Crippen molar-refractivity contribution in [2.75, 3.05) is 19.5 Å². The van der Waals surface area contributed by atoms with Crippen molar-refractivity contribution in [1.29, 1.82) is 0 Å². The van der Waals surface area contributed by atoms with Crippen LogP contribution in [0.2, 0.25) is 0 Å². The number of sulfonamides is 1. The molecule has 1 unspecified atom stereocenters. The number of hydrogen-bond donors (Lipinski definition) is 1. The van der Waals surface area contributed by atoms with Crippen molar-refractivity contribution in [3.8, 4) is 0 Å². The molecule has 0 radical (unpaired) electrons. The van der Waals surface area contributed by atoms with E-state index in [1.54, 1.807) is 0 Å². The van der Waals surface area contributed by atoms with Crippen LogP contribution in [-0.2, 0) is 35.5 Å². The van der Waals surface area contributed by atoms with Gasteiger partial charge >= 0.3 is 11.9 Å². The summed E-state index contributed by atoms with van der Waals surface area (Å²) in [6.07, 6.45) is 2.23. The van der Waals surface area contributed by atoms with Crippen LogP contribution in [0.15, 0.2) is 42.5 Å². The number of esters is 2. The Labute approximate surface area is 141 Å². The zero-order chi connectivity index (χ0) is 18.0. The molecule has 1 aromatic carbocycles. The van der Waals surface area contributed by atoms with E-state index in [1.807, 2.05) is 30.3 Å². The summed E-state index contributed by atoms with van der Waals surface area (Å²) in [5.74, 6) is -1.51. The minimum atomic E-state index is -3.45. The summed E-state index contributed by atoms with van der Waals surface area (Å²) in [5.41, 5.74) is 0.905. The fraction of sp³-hybridized carbons (Fsp3) is 0.375. The van der Waals surface area contributed by atoms with Gasteiger partial charge in [0.2, 0.25) is 10.0 Å². The van der Waals surface area contributed by atoms with Crippen LogP contribution >= 0.6 is 0 Å². The van der Waals surface area contributed by atoms with Crippen molar-refractivity contribution in [1.82, 2.24) is 4.72 Å². The normalized spacial score (nSPS) is 12.8. The van der Waals surface area contributed by atoms with Crippen molar-refractivity contribution >= 4 is 22.0 Å². The molecular weight excluding hydrogens is 334 g/mol. The summed E-state index contributed by atoms with van der Waals surface area (Å²) in [4.78, 5) is 22.5. The largest absolute Gasteiger partial charge is 0.466 e. The monoisotopic (exact) mass is 355 g/mol. The van der Waals surface area contributed by atoms with Crippen molar-refractivity contribution in [3.63, 3.8) is 0 Å². The average Bonchev–Trinajstić information content (AvgIpc) is 2.58. The summed E-state index contributed by atoms with van der Waals surface area (Å²) >= 11 is 0. The molecule has 1 atom stereocenters. The van der Waals surface area contributed by atoms with E-state index in [0.717, 1.165) is 17.7 Å². The van der Waals surface area contributed by atoms with Crippen LogP contribution < -0.4 is 4.72 Å². The van der Waals surface area contributed by atoms with Gasteiger partial charge in [-0.2, -0.15) is 0 Å². The fourth-order valence-electron chi connectivity index (χ4n) is 1.81. The van der Waals surface area contributed by atoms with Crippen LogP contribution in [0, 0.1) is 0 Å². The van der Waals surface area contributed by atoms with E-state index in [2.05, 4.69) is 9.46 Å². The lowest BCUT2D eigenvalue weighted by molar-refractivity contribution is -0.139. The Morgan fingerprint density at radius 1 is 1.17 bits per heavy atom. The third-order valence-electron chi connectivity index (χ3n) is 3.03. The maximum Gasteiger partial charge on any atom is 0.331 e. The van der Waals surface area contributed by atoms with Crippen molar-refractivity contribution in [2.45, 2.75) is 19.4 Å². The Morgan fingerprint density at radius 2 is 1.79 bits per heavy atom. The van der Waals surface area contributed by atoms with Crippen LogP contribution in [0.1, 0.15) is 12.5 Å². The highest BCUT2D eigenvalue weighted by atomic mass is 32.2. The van der Waals surface area contributed by atoms with E-state index in [4.69, 9.17) is 4.74 Å². The lowest BCUT2D eigenvalue weighted by Crippen LogP contribution is -2.41. The highest BCUT2D eigenvalue weighted by Crippen LogP contribution is 2.05. The highest BCUT2D eigenvalue weighted by molar-refractivity contribution is 7.89. The van der Waals surface area contributed by atoms with Gasteiger partial charge in [-0.15, -0.1) is 0 Å². The van der Waals surface area contributed by atoms with Crippen molar-refractivity contribution < 1.29 is 27.5 Å². The first-order valence-corrected chi connectivity index (χ1v) is 8.98. The number of nitrogens with one attached hydrogen (secondary N) is 1.